The van der Waals surface area contributed by atoms with Gasteiger partial charge in [0.05, 0.1) is 12.6 Å². The molecular formula is C4H9NO. The van der Waals surface area contributed by atoms with Gasteiger partial charge in [-0.15, -0.1) is 0 Å². The van der Waals surface area contributed by atoms with Crippen molar-refractivity contribution in [3.05, 3.63) is 6.54 Å². The van der Waals surface area contributed by atoms with Crippen molar-refractivity contribution in [2.45, 2.75) is 19.4 Å². The fraction of sp³-hybridized carbons (Fsp3) is 0.750. The summed E-state index contributed by atoms with van der Waals surface area (Å²) in [5.41, 5.74) is 4.78. The molecule has 0 aliphatic carbocycles. The van der Waals surface area contributed by atoms with E-state index in [9.17, 15) is 0 Å². The first-order chi connectivity index (χ1) is 2.81. The van der Waals surface area contributed by atoms with Gasteiger partial charge in [-0.2, -0.15) is 0 Å². The number of rotatable bonds is 2. The molecule has 0 fully saturated rings. The maximum atomic E-state index is 8.43. The highest BCUT2D eigenvalue weighted by Crippen LogP contribution is 1.86. The van der Waals surface area contributed by atoms with Crippen molar-refractivity contribution in [1.82, 2.24) is 0 Å². The van der Waals surface area contributed by atoms with Crippen molar-refractivity contribution in [2.24, 2.45) is 5.73 Å². The van der Waals surface area contributed by atoms with E-state index in [1.54, 1.807) is 0 Å². The Kier molecular flexibility index (Phi) is 3.08. The molecule has 3 N–H and O–H groups in total. The SMILES string of the molecule is CCC(O)[C]N. The van der Waals surface area contributed by atoms with Crippen LogP contribution >= 0.6 is 0 Å². The van der Waals surface area contributed by atoms with Crippen LogP contribution in [0.4, 0.5) is 0 Å². The van der Waals surface area contributed by atoms with Crippen LogP contribution in [0.1, 0.15) is 13.3 Å². The Balaban J connectivity index is 2.75. The first-order valence-electron chi connectivity index (χ1n) is 1.95. The Labute approximate surface area is 38.0 Å². The largest absolute Gasteiger partial charge is 0.391 e. The molecule has 36 valence electrons. The summed E-state index contributed by atoms with van der Waals surface area (Å²) in [6, 6.07) is 0. The standard InChI is InChI=1S/C4H9NO/c1-2-4(6)3-5/h4,6H,2,5H2,1H3. The van der Waals surface area contributed by atoms with Crippen molar-refractivity contribution in [3.8, 4) is 0 Å². The monoisotopic (exact) mass is 87.1 g/mol. The second-order valence-corrected chi connectivity index (χ2v) is 1.09. The van der Waals surface area contributed by atoms with E-state index < -0.39 is 6.10 Å². The molecule has 0 aromatic carbocycles. The molecule has 0 heterocycles. The van der Waals surface area contributed by atoms with Crippen LogP contribution < -0.4 is 5.73 Å². The van der Waals surface area contributed by atoms with Crippen LogP contribution in [0.2, 0.25) is 0 Å². The third-order valence-corrected chi connectivity index (χ3v) is 0.579. The van der Waals surface area contributed by atoms with E-state index in [0.717, 1.165) is 0 Å². The molecule has 0 bridgehead atoms. The smallest absolute Gasteiger partial charge is 0.0872 e. The molecule has 0 saturated carbocycles. The van der Waals surface area contributed by atoms with Crippen LogP contribution in [0.25, 0.3) is 0 Å². The lowest BCUT2D eigenvalue weighted by Gasteiger charge is -1.96. The molecular weight excluding hydrogens is 78.1 g/mol. The molecule has 2 heteroatoms. The van der Waals surface area contributed by atoms with E-state index in [1.165, 1.54) is 0 Å². The zero-order valence-electron chi connectivity index (χ0n) is 3.81. The number of aliphatic hydroxyl groups is 1. The molecule has 0 rings (SSSR count). The first kappa shape index (κ1) is 5.92. The highest BCUT2D eigenvalue weighted by Gasteiger charge is 1.92. The second kappa shape index (κ2) is 3.12. The normalized spacial score (nSPS) is 14.5. The van der Waals surface area contributed by atoms with Crippen molar-refractivity contribution in [3.63, 3.8) is 0 Å². The molecule has 0 amide bonds. The Bertz CT molecular complexity index is 26.7. The Morgan fingerprint density at radius 1 is 2.00 bits per heavy atom. The van der Waals surface area contributed by atoms with Crippen LogP contribution in [0.15, 0.2) is 0 Å². The third kappa shape index (κ3) is 2.18. The number of hydrogen-bond donors (Lipinski definition) is 2. The summed E-state index contributed by atoms with van der Waals surface area (Å²) < 4.78 is 0. The summed E-state index contributed by atoms with van der Waals surface area (Å²) in [6.45, 7) is 4.01. The molecule has 1 unspecified atom stereocenters. The van der Waals surface area contributed by atoms with E-state index in [0.29, 0.717) is 6.42 Å². The highest BCUT2D eigenvalue weighted by molar-refractivity contribution is 4.63. The lowest BCUT2D eigenvalue weighted by Crippen LogP contribution is -2.10. The Morgan fingerprint density at radius 2 is 2.50 bits per heavy atom. The van der Waals surface area contributed by atoms with Gasteiger partial charge in [0.25, 0.3) is 0 Å². The fourth-order valence-electron chi connectivity index (χ4n) is 0.118. The average Bonchev–Trinajstić information content (AvgIpc) is 1.65. The molecule has 0 saturated heterocycles. The minimum absolute atomic E-state index is 0.537. The van der Waals surface area contributed by atoms with E-state index in [2.05, 4.69) is 6.54 Å². The third-order valence-electron chi connectivity index (χ3n) is 0.579. The summed E-state index contributed by atoms with van der Waals surface area (Å²) in [7, 11) is 0. The summed E-state index contributed by atoms with van der Waals surface area (Å²) in [4.78, 5) is 0. The molecule has 6 heavy (non-hydrogen) atoms. The van der Waals surface area contributed by atoms with Crippen LogP contribution in [-0.2, 0) is 0 Å². The molecule has 0 spiro atoms. The van der Waals surface area contributed by atoms with Crippen molar-refractivity contribution < 1.29 is 5.11 Å². The van der Waals surface area contributed by atoms with Gasteiger partial charge in [-0.25, -0.2) is 0 Å². The zero-order valence-corrected chi connectivity index (χ0v) is 3.81. The quantitative estimate of drug-likeness (QED) is 0.456. The highest BCUT2D eigenvalue weighted by atomic mass is 16.3. The second-order valence-electron chi connectivity index (χ2n) is 1.09. The van der Waals surface area contributed by atoms with Crippen LogP contribution in [-0.4, -0.2) is 11.2 Å². The molecule has 0 aliphatic rings. The Hall–Kier alpha value is -0.0800. The van der Waals surface area contributed by atoms with Gasteiger partial charge in [-0.3, -0.25) is 0 Å². The molecule has 2 nitrogen and oxygen atoms in total. The maximum absolute atomic E-state index is 8.43. The molecule has 0 aromatic rings. The first-order valence-corrected chi connectivity index (χ1v) is 1.95. The van der Waals surface area contributed by atoms with Gasteiger partial charge in [0.2, 0.25) is 0 Å². The van der Waals surface area contributed by atoms with Crippen molar-refractivity contribution in [1.29, 1.82) is 0 Å². The minimum atomic E-state index is -0.537. The van der Waals surface area contributed by atoms with E-state index in [4.69, 9.17) is 10.8 Å². The summed E-state index contributed by atoms with van der Waals surface area (Å²) in [5, 5.41) is 8.43. The van der Waals surface area contributed by atoms with E-state index >= 15 is 0 Å². The summed E-state index contributed by atoms with van der Waals surface area (Å²) >= 11 is 0. The predicted molar refractivity (Wildman–Crippen MR) is 23.7 cm³/mol. The van der Waals surface area contributed by atoms with Gasteiger partial charge in [-0.05, 0) is 6.42 Å². The van der Waals surface area contributed by atoms with Crippen LogP contribution in [0, 0.1) is 6.54 Å². The van der Waals surface area contributed by atoms with Crippen molar-refractivity contribution in [2.75, 3.05) is 0 Å². The lowest BCUT2D eigenvalue weighted by molar-refractivity contribution is 0.201. The van der Waals surface area contributed by atoms with Gasteiger partial charge >= 0.3 is 0 Å². The lowest BCUT2D eigenvalue weighted by atomic mass is 10.3. The number of hydrogen-bond acceptors (Lipinski definition) is 2. The van der Waals surface area contributed by atoms with Gasteiger partial charge in [0, 0.05) is 0 Å². The number of aliphatic hydroxyl groups excluding tert-OH is 1. The Morgan fingerprint density at radius 3 is 2.50 bits per heavy atom. The molecule has 0 aliphatic heterocycles. The van der Waals surface area contributed by atoms with Crippen molar-refractivity contribution >= 4 is 0 Å². The van der Waals surface area contributed by atoms with Crippen LogP contribution in [0.3, 0.4) is 0 Å². The van der Waals surface area contributed by atoms with E-state index in [-0.39, 0.29) is 0 Å². The average molecular weight is 87.1 g/mol. The summed E-state index contributed by atoms with van der Waals surface area (Å²) in [5.74, 6) is 0. The minimum Gasteiger partial charge on any atom is -0.391 e. The predicted octanol–water partition coefficient (Wildman–Crippen LogP) is -0.245. The summed E-state index contributed by atoms with van der Waals surface area (Å²) in [6.07, 6.45) is 0.112. The molecule has 1 atom stereocenters. The van der Waals surface area contributed by atoms with Crippen LogP contribution in [0.5, 0.6) is 0 Å². The van der Waals surface area contributed by atoms with Gasteiger partial charge in [0.1, 0.15) is 0 Å². The van der Waals surface area contributed by atoms with Gasteiger partial charge in [-0.1, -0.05) is 6.92 Å². The molecule has 2 radical (unpaired) electrons. The molecule has 0 aromatic heterocycles. The van der Waals surface area contributed by atoms with Gasteiger partial charge in [0.15, 0.2) is 0 Å². The zero-order chi connectivity index (χ0) is 4.99. The number of nitrogens with two attached hydrogens (primary N) is 1. The topological polar surface area (TPSA) is 46.2 Å². The maximum Gasteiger partial charge on any atom is 0.0872 e. The van der Waals surface area contributed by atoms with Gasteiger partial charge < -0.3 is 10.8 Å². The van der Waals surface area contributed by atoms with E-state index in [1.807, 2.05) is 6.92 Å². The fourth-order valence-corrected chi connectivity index (χ4v) is 0.118.